The number of piperidine rings is 1. The van der Waals surface area contributed by atoms with Crippen molar-refractivity contribution in [1.29, 1.82) is 0 Å². The van der Waals surface area contributed by atoms with Crippen LogP contribution in [0.5, 0.6) is 0 Å². The highest BCUT2D eigenvalue weighted by Gasteiger charge is 2.20. The van der Waals surface area contributed by atoms with E-state index in [1.165, 1.54) is 18.5 Å². The molecule has 1 aliphatic rings. The average Bonchev–Trinajstić information content (AvgIpc) is 3.41. The molecular weight excluding hydrogens is 336 g/mol. The third-order valence-electron chi connectivity index (χ3n) is 5.35. The maximum atomic E-state index is 4.29. The standard InChI is InChI=1S/C21H28N6/c1-18(8-17-26-13-2-11-22-26)24-19-9-15-25(16-10-19)20-4-6-21(7-5-20)27-14-3-12-23-27/h2-7,11-14,18-19,24H,8-10,15-17H2,1H3/t18-/m0/s1. The first-order valence-corrected chi connectivity index (χ1v) is 9.86. The van der Waals surface area contributed by atoms with Gasteiger partial charge in [-0.05, 0) is 62.6 Å². The number of anilines is 1. The largest absolute Gasteiger partial charge is 0.371 e. The molecule has 1 saturated heterocycles. The van der Waals surface area contributed by atoms with Gasteiger partial charge in [-0.15, -0.1) is 0 Å². The van der Waals surface area contributed by atoms with Gasteiger partial charge in [-0.2, -0.15) is 10.2 Å². The summed E-state index contributed by atoms with van der Waals surface area (Å²) >= 11 is 0. The van der Waals surface area contributed by atoms with Crippen LogP contribution in [0.3, 0.4) is 0 Å². The second-order valence-corrected chi connectivity index (χ2v) is 7.35. The number of aryl methyl sites for hydroxylation is 1. The zero-order valence-electron chi connectivity index (χ0n) is 15.9. The molecule has 3 heterocycles. The summed E-state index contributed by atoms with van der Waals surface area (Å²) < 4.78 is 3.90. The highest BCUT2D eigenvalue weighted by atomic mass is 15.3. The van der Waals surface area contributed by atoms with Crippen molar-refractivity contribution >= 4 is 5.69 Å². The van der Waals surface area contributed by atoms with E-state index in [4.69, 9.17) is 0 Å². The van der Waals surface area contributed by atoms with Crippen molar-refractivity contribution in [2.75, 3.05) is 18.0 Å². The van der Waals surface area contributed by atoms with Crippen LogP contribution >= 0.6 is 0 Å². The summed E-state index contributed by atoms with van der Waals surface area (Å²) in [6.45, 7) is 5.46. The average molecular weight is 364 g/mol. The smallest absolute Gasteiger partial charge is 0.0647 e. The van der Waals surface area contributed by atoms with E-state index in [2.05, 4.69) is 51.6 Å². The fourth-order valence-corrected chi connectivity index (χ4v) is 3.79. The van der Waals surface area contributed by atoms with Crippen molar-refractivity contribution in [3.05, 3.63) is 61.2 Å². The monoisotopic (exact) mass is 364 g/mol. The molecule has 1 N–H and O–H groups in total. The van der Waals surface area contributed by atoms with Crippen molar-refractivity contribution in [1.82, 2.24) is 24.9 Å². The van der Waals surface area contributed by atoms with E-state index < -0.39 is 0 Å². The SMILES string of the molecule is C[C@@H](CCn1cccn1)NC1CCN(c2ccc(-n3cccn3)cc2)CC1. The van der Waals surface area contributed by atoms with Crippen LogP contribution in [0, 0.1) is 0 Å². The summed E-state index contributed by atoms with van der Waals surface area (Å²) in [4.78, 5) is 2.49. The Labute approximate surface area is 160 Å². The molecule has 6 heteroatoms. The number of rotatable bonds is 7. The van der Waals surface area contributed by atoms with Gasteiger partial charge in [-0.1, -0.05) is 0 Å². The van der Waals surface area contributed by atoms with Crippen LogP contribution in [-0.4, -0.2) is 44.7 Å². The Morgan fingerprint density at radius 3 is 2.37 bits per heavy atom. The molecule has 1 aliphatic heterocycles. The minimum absolute atomic E-state index is 0.513. The molecule has 0 aliphatic carbocycles. The van der Waals surface area contributed by atoms with Gasteiger partial charge in [0.1, 0.15) is 0 Å². The summed E-state index contributed by atoms with van der Waals surface area (Å²) in [6, 6.07) is 13.7. The minimum Gasteiger partial charge on any atom is -0.371 e. The van der Waals surface area contributed by atoms with Crippen molar-refractivity contribution in [2.24, 2.45) is 0 Å². The van der Waals surface area contributed by atoms with Crippen LogP contribution in [-0.2, 0) is 6.54 Å². The van der Waals surface area contributed by atoms with E-state index in [1.807, 2.05) is 46.3 Å². The van der Waals surface area contributed by atoms with Crippen LogP contribution in [0.4, 0.5) is 5.69 Å². The summed E-state index contributed by atoms with van der Waals surface area (Å²) in [7, 11) is 0. The van der Waals surface area contributed by atoms with Crippen molar-refractivity contribution in [2.45, 2.75) is 44.8 Å². The van der Waals surface area contributed by atoms with Gasteiger partial charge in [0, 0.05) is 62.2 Å². The van der Waals surface area contributed by atoms with E-state index in [-0.39, 0.29) is 0 Å². The molecule has 0 saturated carbocycles. The van der Waals surface area contributed by atoms with Gasteiger partial charge < -0.3 is 10.2 Å². The number of benzene rings is 1. The zero-order valence-corrected chi connectivity index (χ0v) is 15.9. The summed E-state index contributed by atoms with van der Waals surface area (Å²) in [5, 5.41) is 12.4. The molecule has 6 nitrogen and oxygen atoms in total. The molecule has 1 aromatic carbocycles. The molecular formula is C21H28N6. The predicted octanol–water partition coefficient (Wildman–Crippen LogP) is 3.11. The Hall–Kier alpha value is -2.60. The van der Waals surface area contributed by atoms with Crippen molar-refractivity contribution in [3.8, 4) is 5.69 Å². The minimum atomic E-state index is 0.513. The summed E-state index contributed by atoms with van der Waals surface area (Å²) in [6.07, 6.45) is 11.1. The normalized spacial score (nSPS) is 16.6. The Morgan fingerprint density at radius 1 is 1.00 bits per heavy atom. The van der Waals surface area contributed by atoms with Gasteiger partial charge >= 0.3 is 0 Å². The second kappa shape index (κ2) is 8.39. The molecule has 1 fully saturated rings. The zero-order chi connectivity index (χ0) is 18.5. The van der Waals surface area contributed by atoms with Crippen LogP contribution < -0.4 is 10.2 Å². The van der Waals surface area contributed by atoms with Gasteiger partial charge in [0.2, 0.25) is 0 Å². The van der Waals surface area contributed by atoms with Crippen molar-refractivity contribution < 1.29 is 0 Å². The molecule has 0 radical (unpaired) electrons. The molecule has 0 spiro atoms. The van der Waals surface area contributed by atoms with Gasteiger partial charge in [-0.25, -0.2) is 4.68 Å². The maximum Gasteiger partial charge on any atom is 0.0647 e. The van der Waals surface area contributed by atoms with E-state index in [9.17, 15) is 0 Å². The fourth-order valence-electron chi connectivity index (χ4n) is 3.79. The van der Waals surface area contributed by atoms with Crippen LogP contribution in [0.15, 0.2) is 61.2 Å². The van der Waals surface area contributed by atoms with Crippen LogP contribution in [0.25, 0.3) is 5.69 Å². The molecule has 2 aromatic heterocycles. The lowest BCUT2D eigenvalue weighted by Gasteiger charge is -2.35. The lowest BCUT2D eigenvalue weighted by atomic mass is 10.0. The quantitative estimate of drug-likeness (QED) is 0.700. The third kappa shape index (κ3) is 4.57. The molecule has 0 amide bonds. The van der Waals surface area contributed by atoms with Gasteiger partial charge in [0.25, 0.3) is 0 Å². The van der Waals surface area contributed by atoms with E-state index in [1.54, 1.807) is 0 Å². The second-order valence-electron chi connectivity index (χ2n) is 7.35. The highest BCUT2D eigenvalue weighted by Crippen LogP contribution is 2.22. The molecule has 4 rings (SSSR count). The molecule has 0 bridgehead atoms. The molecule has 1 atom stereocenters. The molecule has 3 aromatic rings. The van der Waals surface area contributed by atoms with Crippen LogP contribution in [0.2, 0.25) is 0 Å². The number of aromatic nitrogens is 4. The Balaban J connectivity index is 1.23. The van der Waals surface area contributed by atoms with E-state index >= 15 is 0 Å². The van der Waals surface area contributed by atoms with E-state index in [0.29, 0.717) is 12.1 Å². The van der Waals surface area contributed by atoms with Gasteiger partial charge in [0.05, 0.1) is 5.69 Å². The Morgan fingerprint density at radius 2 is 1.70 bits per heavy atom. The fraction of sp³-hybridized carbons (Fsp3) is 0.429. The first-order chi connectivity index (χ1) is 13.3. The Kier molecular flexibility index (Phi) is 5.53. The third-order valence-corrected chi connectivity index (χ3v) is 5.35. The first-order valence-electron chi connectivity index (χ1n) is 9.86. The number of nitrogens with zero attached hydrogens (tertiary/aromatic N) is 5. The summed E-state index contributed by atoms with van der Waals surface area (Å²) in [5.41, 5.74) is 2.40. The van der Waals surface area contributed by atoms with Crippen LogP contribution in [0.1, 0.15) is 26.2 Å². The number of nitrogens with one attached hydrogen (secondary N) is 1. The number of hydrogen-bond donors (Lipinski definition) is 1. The highest BCUT2D eigenvalue weighted by molar-refractivity contribution is 5.51. The maximum absolute atomic E-state index is 4.29. The summed E-state index contributed by atoms with van der Waals surface area (Å²) in [5.74, 6) is 0. The number of hydrogen-bond acceptors (Lipinski definition) is 4. The van der Waals surface area contributed by atoms with Gasteiger partial charge in [-0.3, -0.25) is 4.68 Å². The molecule has 27 heavy (non-hydrogen) atoms. The van der Waals surface area contributed by atoms with Crippen molar-refractivity contribution in [3.63, 3.8) is 0 Å². The van der Waals surface area contributed by atoms with Gasteiger partial charge in [0.15, 0.2) is 0 Å². The lowest BCUT2D eigenvalue weighted by Crippen LogP contribution is -2.45. The topological polar surface area (TPSA) is 50.9 Å². The predicted molar refractivity (Wildman–Crippen MR) is 108 cm³/mol. The molecule has 0 unspecified atom stereocenters. The molecule has 142 valence electrons. The lowest BCUT2D eigenvalue weighted by molar-refractivity contribution is 0.354. The Bertz CT molecular complexity index is 786. The first kappa shape index (κ1) is 17.8. The van der Waals surface area contributed by atoms with E-state index in [0.717, 1.165) is 31.7 Å².